The summed E-state index contributed by atoms with van der Waals surface area (Å²) in [7, 11) is 0. The van der Waals surface area contributed by atoms with Crippen LogP contribution in [0.15, 0.2) is 0 Å². The average molecular weight is 295 g/mol. The van der Waals surface area contributed by atoms with Crippen molar-refractivity contribution in [3.05, 3.63) is 0 Å². The van der Waals surface area contributed by atoms with Crippen molar-refractivity contribution >= 4 is 0 Å². The van der Waals surface area contributed by atoms with Gasteiger partial charge in [0.25, 0.3) is 0 Å². The van der Waals surface area contributed by atoms with Gasteiger partial charge in [-0.2, -0.15) is 0 Å². The van der Waals surface area contributed by atoms with Crippen molar-refractivity contribution in [2.24, 2.45) is 5.73 Å². The van der Waals surface area contributed by atoms with Crippen molar-refractivity contribution < 1.29 is 21.1 Å². The van der Waals surface area contributed by atoms with Crippen LogP contribution in [-0.2, 0) is 21.1 Å². The fourth-order valence-corrected chi connectivity index (χ4v) is 1.81. The molecule has 0 aliphatic carbocycles. The van der Waals surface area contributed by atoms with Gasteiger partial charge in [-0.15, -0.1) is 0 Å². The SMILES string of the molecule is CCCCCCCCCCCCCN.[Mo]. The summed E-state index contributed by atoms with van der Waals surface area (Å²) in [6, 6.07) is 0. The molecule has 0 radical (unpaired) electrons. The first-order valence-corrected chi connectivity index (χ1v) is 6.62. The smallest absolute Gasteiger partial charge is 0 e. The Morgan fingerprint density at radius 3 is 1.27 bits per heavy atom. The van der Waals surface area contributed by atoms with Crippen molar-refractivity contribution in [3.63, 3.8) is 0 Å². The Labute approximate surface area is 111 Å². The van der Waals surface area contributed by atoms with E-state index < -0.39 is 0 Å². The van der Waals surface area contributed by atoms with Crippen LogP contribution in [0.1, 0.15) is 77.6 Å². The van der Waals surface area contributed by atoms with Crippen LogP contribution in [0.2, 0.25) is 0 Å². The van der Waals surface area contributed by atoms with Gasteiger partial charge >= 0.3 is 0 Å². The summed E-state index contributed by atoms with van der Waals surface area (Å²) in [6.45, 7) is 3.15. The molecule has 0 saturated heterocycles. The molecule has 0 amide bonds. The van der Waals surface area contributed by atoms with Crippen LogP contribution in [0.4, 0.5) is 0 Å². The zero-order valence-electron chi connectivity index (χ0n) is 10.5. The van der Waals surface area contributed by atoms with E-state index in [-0.39, 0.29) is 21.1 Å². The number of nitrogens with two attached hydrogens (primary N) is 1. The molecule has 2 heteroatoms. The molecular formula is C13H29MoN. The topological polar surface area (TPSA) is 26.0 Å². The summed E-state index contributed by atoms with van der Waals surface area (Å²) in [6.07, 6.45) is 15.4. The minimum absolute atomic E-state index is 0. The Bertz CT molecular complexity index is 84.5. The third-order valence-electron chi connectivity index (χ3n) is 2.81. The van der Waals surface area contributed by atoms with Crippen molar-refractivity contribution in [1.29, 1.82) is 0 Å². The van der Waals surface area contributed by atoms with E-state index in [0.717, 1.165) is 6.54 Å². The van der Waals surface area contributed by atoms with Gasteiger partial charge in [0.05, 0.1) is 0 Å². The molecule has 15 heavy (non-hydrogen) atoms. The van der Waals surface area contributed by atoms with Gasteiger partial charge in [0, 0.05) is 21.1 Å². The van der Waals surface area contributed by atoms with Gasteiger partial charge in [-0.1, -0.05) is 71.1 Å². The molecular weight excluding hydrogens is 266 g/mol. The van der Waals surface area contributed by atoms with E-state index in [4.69, 9.17) is 5.73 Å². The van der Waals surface area contributed by atoms with E-state index >= 15 is 0 Å². The molecule has 0 atom stereocenters. The Kier molecular flexibility index (Phi) is 20.5. The molecule has 0 aromatic carbocycles. The molecule has 2 N–H and O–H groups in total. The van der Waals surface area contributed by atoms with Crippen LogP contribution < -0.4 is 5.73 Å². The summed E-state index contributed by atoms with van der Waals surface area (Å²) in [5, 5.41) is 0. The molecule has 0 rings (SSSR count). The molecule has 0 bridgehead atoms. The van der Waals surface area contributed by atoms with Gasteiger partial charge in [-0.05, 0) is 13.0 Å². The Hall–Kier alpha value is 0.648. The van der Waals surface area contributed by atoms with E-state index in [1.165, 1.54) is 70.6 Å². The van der Waals surface area contributed by atoms with Crippen molar-refractivity contribution in [2.45, 2.75) is 77.6 Å². The third kappa shape index (κ3) is 17.3. The minimum Gasteiger partial charge on any atom is -0.330 e. The first kappa shape index (κ1) is 18.0. The molecule has 1 nitrogen and oxygen atoms in total. The minimum atomic E-state index is 0. The van der Waals surface area contributed by atoms with Crippen LogP contribution in [0.3, 0.4) is 0 Å². The van der Waals surface area contributed by atoms with Crippen LogP contribution in [0.5, 0.6) is 0 Å². The fraction of sp³-hybridized carbons (Fsp3) is 1.00. The molecule has 0 spiro atoms. The molecule has 0 aromatic heterocycles. The van der Waals surface area contributed by atoms with Crippen LogP contribution in [0, 0.1) is 0 Å². The zero-order valence-corrected chi connectivity index (χ0v) is 12.5. The van der Waals surface area contributed by atoms with Crippen LogP contribution >= 0.6 is 0 Å². The summed E-state index contributed by atoms with van der Waals surface area (Å²) >= 11 is 0. The molecule has 0 unspecified atom stereocenters. The van der Waals surface area contributed by atoms with Gasteiger partial charge in [-0.3, -0.25) is 0 Å². The Morgan fingerprint density at radius 1 is 0.600 bits per heavy atom. The van der Waals surface area contributed by atoms with Crippen LogP contribution in [0.25, 0.3) is 0 Å². The summed E-state index contributed by atoms with van der Waals surface area (Å²) in [4.78, 5) is 0. The summed E-state index contributed by atoms with van der Waals surface area (Å²) < 4.78 is 0. The van der Waals surface area contributed by atoms with Crippen molar-refractivity contribution in [1.82, 2.24) is 0 Å². The molecule has 92 valence electrons. The second kappa shape index (κ2) is 17.1. The standard InChI is InChI=1S/C13H29N.Mo/c1-2-3-4-5-6-7-8-9-10-11-12-13-14;/h2-14H2,1H3;. The predicted octanol–water partition coefficient (Wildman–Crippen LogP) is 4.25. The first-order valence-electron chi connectivity index (χ1n) is 6.62. The monoisotopic (exact) mass is 297 g/mol. The van der Waals surface area contributed by atoms with Gasteiger partial charge in [-0.25, -0.2) is 0 Å². The molecule has 0 heterocycles. The first-order chi connectivity index (χ1) is 6.91. The second-order valence-corrected chi connectivity index (χ2v) is 4.32. The normalized spacial score (nSPS) is 10.0. The number of rotatable bonds is 11. The van der Waals surface area contributed by atoms with Gasteiger partial charge in [0.15, 0.2) is 0 Å². The molecule has 0 aromatic rings. The second-order valence-electron chi connectivity index (χ2n) is 4.32. The molecule has 0 aliphatic heterocycles. The fourth-order valence-electron chi connectivity index (χ4n) is 1.81. The van der Waals surface area contributed by atoms with E-state index in [1.807, 2.05) is 0 Å². The van der Waals surface area contributed by atoms with E-state index in [0.29, 0.717) is 0 Å². The number of hydrogen-bond donors (Lipinski definition) is 1. The van der Waals surface area contributed by atoms with Crippen LogP contribution in [-0.4, -0.2) is 6.54 Å². The quantitative estimate of drug-likeness (QED) is 0.447. The average Bonchev–Trinajstić information content (AvgIpc) is 2.21. The van der Waals surface area contributed by atoms with Crippen molar-refractivity contribution in [3.8, 4) is 0 Å². The number of unbranched alkanes of at least 4 members (excludes halogenated alkanes) is 10. The molecule has 0 saturated carbocycles. The summed E-state index contributed by atoms with van der Waals surface area (Å²) in [5.41, 5.74) is 5.44. The Morgan fingerprint density at radius 2 is 0.933 bits per heavy atom. The predicted molar refractivity (Wildman–Crippen MR) is 65.5 cm³/mol. The molecule has 0 aliphatic rings. The number of hydrogen-bond acceptors (Lipinski definition) is 1. The van der Waals surface area contributed by atoms with Gasteiger partial charge in [0.1, 0.15) is 0 Å². The molecule has 0 fully saturated rings. The van der Waals surface area contributed by atoms with Gasteiger partial charge in [0.2, 0.25) is 0 Å². The van der Waals surface area contributed by atoms with Gasteiger partial charge < -0.3 is 5.73 Å². The largest absolute Gasteiger partial charge is 0.330 e. The Balaban J connectivity index is 0. The van der Waals surface area contributed by atoms with E-state index in [9.17, 15) is 0 Å². The zero-order chi connectivity index (χ0) is 10.5. The maximum absolute atomic E-state index is 5.44. The third-order valence-corrected chi connectivity index (χ3v) is 2.81. The van der Waals surface area contributed by atoms with E-state index in [2.05, 4.69) is 6.92 Å². The van der Waals surface area contributed by atoms with E-state index in [1.54, 1.807) is 0 Å². The maximum Gasteiger partial charge on any atom is 0 e. The maximum atomic E-state index is 5.44. The summed E-state index contributed by atoms with van der Waals surface area (Å²) in [5.74, 6) is 0. The van der Waals surface area contributed by atoms with Crippen molar-refractivity contribution in [2.75, 3.05) is 6.54 Å².